The average molecular weight is 963 g/mol. The Morgan fingerprint density at radius 3 is 1.23 bits per heavy atom. The van der Waals surface area contributed by atoms with E-state index in [4.69, 9.17) is 9.47 Å². The molecule has 0 fully saturated rings. The molecule has 0 spiro atoms. The molecule has 2 N–H and O–H groups in total. The number of aryl methyl sites for hydroxylation is 2. The Morgan fingerprint density at radius 1 is 0.477 bits per heavy atom. The van der Waals surface area contributed by atoms with Crippen LogP contribution in [0, 0.1) is 0 Å². The van der Waals surface area contributed by atoms with E-state index in [-0.39, 0.29) is 71.4 Å². The van der Waals surface area contributed by atoms with Gasteiger partial charge in [-0.2, -0.15) is 8.42 Å². The van der Waals surface area contributed by atoms with Gasteiger partial charge >= 0.3 is 37.7 Å². The molecule has 0 aliphatic heterocycles. The summed E-state index contributed by atoms with van der Waals surface area (Å²) in [5.41, 5.74) is 1.58. The smallest absolute Gasteiger partial charge is 0.872 e. The molecule has 0 unspecified atom stereocenters. The van der Waals surface area contributed by atoms with Gasteiger partial charge in [-0.15, -0.1) is 5.75 Å². The number of benzene rings is 4. The van der Waals surface area contributed by atoms with E-state index in [0.29, 0.717) is 5.75 Å². The minimum atomic E-state index is -4.66. The molecule has 0 aliphatic rings. The van der Waals surface area contributed by atoms with E-state index in [0.717, 1.165) is 49.7 Å². The third-order valence-corrected chi connectivity index (χ3v) is 13.2. The molecule has 356 valence electrons. The van der Waals surface area contributed by atoms with Crippen molar-refractivity contribution in [3.05, 3.63) is 96.1 Å². The summed E-state index contributed by atoms with van der Waals surface area (Å²) in [6.45, 7) is 4.50. The fourth-order valence-corrected chi connectivity index (χ4v) is 8.89. The van der Waals surface area contributed by atoms with Gasteiger partial charge in [0.2, 0.25) is 0 Å². The molecular weight excluding hydrogens is 889 g/mol. The van der Waals surface area contributed by atoms with Crippen LogP contribution in [-0.4, -0.2) is 68.8 Å². The summed E-state index contributed by atoms with van der Waals surface area (Å²) in [4.78, 5) is -0.743. The molecule has 0 bridgehead atoms. The molecule has 4 aromatic carbocycles. The fraction of sp³-hybridized carbons (Fsp3) is 0.538. The van der Waals surface area contributed by atoms with Gasteiger partial charge < -0.3 is 24.2 Å². The van der Waals surface area contributed by atoms with Crippen LogP contribution in [0.2, 0.25) is 0 Å². The monoisotopic (exact) mass is 962 g/mol. The van der Waals surface area contributed by atoms with Gasteiger partial charge in [0.1, 0.15) is 43.8 Å². The third-order valence-electron chi connectivity index (χ3n) is 11.4. The molecule has 0 atom stereocenters. The largest absolute Gasteiger partial charge is 2.00 e. The van der Waals surface area contributed by atoms with Gasteiger partial charge in [-0.05, 0) is 73.7 Å². The van der Waals surface area contributed by atoms with Crippen LogP contribution in [0.25, 0.3) is 0 Å². The fourth-order valence-electron chi connectivity index (χ4n) is 7.68. The summed E-state index contributed by atoms with van der Waals surface area (Å²) < 4.78 is 77.5. The van der Waals surface area contributed by atoms with E-state index in [9.17, 15) is 36.2 Å². The minimum absolute atomic E-state index is 0. The second-order valence-electron chi connectivity index (χ2n) is 16.9. The molecule has 13 heteroatoms. The Bertz CT molecular complexity index is 1970. The quantitative estimate of drug-likeness (QED) is 0.0272. The van der Waals surface area contributed by atoms with E-state index in [2.05, 4.69) is 13.8 Å². The van der Waals surface area contributed by atoms with Crippen molar-refractivity contribution in [1.82, 2.24) is 0 Å². The Kier molecular flexibility index (Phi) is 30.1. The number of para-hydroxylation sites is 2. The van der Waals surface area contributed by atoms with Crippen molar-refractivity contribution in [1.29, 1.82) is 0 Å². The van der Waals surface area contributed by atoms with Crippen molar-refractivity contribution in [3.63, 3.8) is 0 Å². The number of aromatic hydroxyl groups is 1. The predicted octanol–water partition coefficient (Wildman–Crippen LogP) is 14.0. The first kappa shape index (κ1) is 58.3. The molecule has 0 aliphatic carbocycles. The predicted molar refractivity (Wildman–Crippen MR) is 260 cm³/mol. The summed E-state index contributed by atoms with van der Waals surface area (Å²) in [7, 11) is -9.04. The van der Waals surface area contributed by atoms with E-state index < -0.39 is 25.1 Å². The van der Waals surface area contributed by atoms with Gasteiger partial charge in [-0.3, -0.25) is 4.55 Å². The van der Waals surface area contributed by atoms with Crippen molar-refractivity contribution in [2.45, 2.75) is 191 Å². The van der Waals surface area contributed by atoms with Crippen LogP contribution in [0.5, 0.6) is 34.5 Å². The van der Waals surface area contributed by atoms with E-state index in [1.807, 2.05) is 0 Å². The number of unbranched alkanes of at least 4 members (excludes halogenated alkanes) is 22. The maximum absolute atomic E-state index is 12.4. The Hall–Kier alpha value is -2.84. The normalized spacial score (nSPS) is 11.4. The molecule has 0 heterocycles. The second kappa shape index (κ2) is 33.6. The van der Waals surface area contributed by atoms with Gasteiger partial charge in [0.25, 0.3) is 10.1 Å². The average Bonchev–Trinajstić information content (AvgIpc) is 3.25. The number of hydrogen-bond acceptors (Lipinski definition) is 9. The summed E-state index contributed by atoms with van der Waals surface area (Å²) in [6.07, 6.45) is 32.3. The van der Waals surface area contributed by atoms with Crippen molar-refractivity contribution < 1.29 is 45.6 Å². The Morgan fingerprint density at radius 2 is 0.831 bits per heavy atom. The minimum Gasteiger partial charge on any atom is -0.872 e. The summed E-state index contributed by atoms with van der Waals surface area (Å²) in [5, 5.41) is 22.7. The zero-order valence-electron chi connectivity index (χ0n) is 39.2. The first-order valence-corrected chi connectivity index (χ1v) is 26.8. The molecule has 4 aromatic rings. The van der Waals surface area contributed by atoms with Crippen molar-refractivity contribution in [3.8, 4) is 34.5 Å². The van der Waals surface area contributed by atoms with E-state index >= 15 is 0 Å². The number of ether oxygens (including phenoxy) is 2. The van der Waals surface area contributed by atoms with Gasteiger partial charge in [0.15, 0.2) is 0 Å². The van der Waals surface area contributed by atoms with Gasteiger partial charge in [-0.25, -0.2) is 8.42 Å². The molecule has 10 nitrogen and oxygen atoms in total. The number of rotatable bonds is 32. The summed E-state index contributed by atoms with van der Waals surface area (Å²) >= 11 is 0. The second-order valence-corrected chi connectivity index (χ2v) is 19.6. The van der Waals surface area contributed by atoms with Crippen LogP contribution in [0.15, 0.2) is 94.7 Å². The third kappa shape index (κ3) is 24.7. The molecule has 0 radical (unpaired) electrons. The molecule has 0 amide bonds. The zero-order valence-corrected chi connectivity index (χ0v) is 43.0. The number of hydrogen-bond donors (Lipinski definition) is 2. The topological polar surface area (TPSA) is 173 Å². The van der Waals surface area contributed by atoms with E-state index in [1.54, 1.807) is 36.4 Å². The van der Waals surface area contributed by atoms with Gasteiger partial charge in [0, 0.05) is 6.07 Å². The summed E-state index contributed by atoms with van der Waals surface area (Å²) in [5.74, 6) is 0.489. The van der Waals surface area contributed by atoms with E-state index in [1.165, 1.54) is 177 Å². The maximum Gasteiger partial charge on any atom is 2.00 e. The van der Waals surface area contributed by atoms with Crippen LogP contribution < -0.4 is 14.6 Å². The molecule has 0 aromatic heterocycles. The first-order valence-electron chi connectivity index (χ1n) is 23.9. The van der Waals surface area contributed by atoms with Crippen LogP contribution >= 0.6 is 0 Å². The molecule has 0 saturated carbocycles. The van der Waals surface area contributed by atoms with Crippen LogP contribution in [0.4, 0.5) is 0 Å². The number of phenolic OH excluding ortho intramolecular Hbond substituents is 1. The standard InChI is InChI=1S/2C26H38O5S.Ca/c2*1-2-3-4-5-6-7-8-9-10-11-12-13-16-22-19-20-23(21-24(22)27)31-25-17-14-15-18-26(25)32(28,29)30;/h2*14-15,17-21,27H,2-13,16H2,1H3,(H,28,29,30);/q;;+2/p-2. The zero-order chi connectivity index (χ0) is 46.5. The first-order chi connectivity index (χ1) is 30.8. The molecule has 4 rings (SSSR count). The van der Waals surface area contributed by atoms with Gasteiger partial charge in [0.05, 0.1) is 4.90 Å². The van der Waals surface area contributed by atoms with Crippen LogP contribution in [0.3, 0.4) is 0 Å². The molecule has 65 heavy (non-hydrogen) atoms. The van der Waals surface area contributed by atoms with Gasteiger partial charge in [-0.1, -0.05) is 197 Å². The van der Waals surface area contributed by atoms with Crippen molar-refractivity contribution in [2.24, 2.45) is 0 Å². The van der Waals surface area contributed by atoms with Crippen LogP contribution in [0.1, 0.15) is 179 Å². The van der Waals surface area contributed by atoms with Crippen LogP contribution in [-0.2, 0) is 33.1 Å². The SMILES string of the molecule is CCCCCCCCCCCCCCc1ccc(Oc2ccccc2S(=O)(=O)O)cc1O.CCCCCCCCCCCCCCc1ccc(Oc2ccccc2S(=O)(=O)[O-])cc1[O-].[Ca+2]. The van der Waals surface area contributed by atoms with Crippen molar-refractivity contribution in [2.75, 3.05) is 0 Å². The molecule has 0 saturated heterocycles. The maximum atomic E-state index is 12.4. The number of phenols is 1. The molecular formula is C52H74CaO10S2. The Labute approximate surface area is 421 Å². The summed E-state index contributed by atoms with van der Waals surface area (Å²) in [6, 6.07) is 21.2. The van der Waals surface area contributed by atoms with Crippen molar-refractivity contribution >= 4 is 58.0 Å². The Balaban J connectivity index is 0.000000440.